The number of pyridine rings is 1. The fraction of sp³-hybridized carbons (Fsp3) is 0.423. The molecule has 1 heterocycles. The van der Waals surface area contributed by atoms with Gasteiger partial charge in [0.25, 0.3) is 0 Å². The molecule has 0 bridgehead atoms. The molecule has 0 saturated heterocycles. The standard InChI is InChI=1S/C26H34N4O/c1-18-14-20(10-13-25(18)31)17-27-16-19-8-11-21(12-9-19)28-26-15-24(30(2)3)22-6-4-5-7-23(22)29-26/h4-7,10,13-15,19,21,27,31H,8-9,11-12,16-17H2,1-3H3,(H,28,29). The summed E-state index contributed by atoms with van der Waals surface area (Å²) in [4.78, 5) is 7.02. The van der Waals surface area contributed by atoms with Gasteiger partial charge in [-0.3, -0.25) is 0 Å². The Labute approximate surface area is 185 Å². The van der Waals surface area contributed by atoms with Crippen LogP contribution in [-0.4, -0.2) is 36.8 Å². The number of benzene rings is 2. The second-order valence-electron chi connectivity index (χ2n) is 9.05. The fourth-order valence-corrected chi connectivity index (χ4v) is 4.57. The number of aryl methyl sites for hydroxylation is 1. The Balaban J connectivity index is 1.29. The van der Waals surface area contributed by atoms with Crippen LogP contribution in [0.5, 0.6) is 5.75 Å². The van der Waals surface area contributed by atoms with Gasteiger partial charge in [-0.2, -0.15) is 0 Å². The molecule has 1 aromatic heterocycles. The van der Waals surface area contributed by atoms with Crippen LogP contribution in [0.4, 0.5) is 11.5 Å². The van der Waals surface area contributed by atoms with Crippen molar-refractivity contribution in [1.29, 1.82) is 0 Å². The Morgan fingerprint density at radius 1 is 1.03 bits per heavy atom. The molecule has 1 fully saturated rings. The van der Waals surface area contributed by atoms with Gasteiger partial charge >= 0.3 is 0 Å². The zero-order valence-corrected chi connectivity index (χ0v) is 18.9. The van der Waals surface area contributed by atoms with Crippen molar-refractivity contribution in [3.63, 3.8) is 0 Å². The van der Waals surface area contributed by atoms with E-state index < -0.39 is 0 Å². The number of para-hydroxylation sites is 1. The lowest BCUT2D eigenvalue weighted by Gasteiger charge is -2.30. The largest absolute Gasteiger partial charge is 0.508 e. The van der Waals surface area contributed by atoms with Crippen molar-refractivity contribution >= 4 is 22.4 Å². The number of hydrogen-bond acceptors (Lipinski definition) is 5. The van der Waals surface area contributed by atoms with Gasteiger partial charge < -0.3 is 20.6 Å². The number of anilines is 2. The molecule has 0 spiro atoms. The van der Waals surface area contributed by atoms with E-state index in [4.69, 9.17) is 4.98 Å². The van der Waals surface area contributed by atoms with Gasteiger partial charge in [0.2, 0.25) is 0 Å². The van der Waals surface area contributed by atoms with Crippen molar-refractivity contribution in [2.45, 2.75) is 45.2 Å². The second kappa shape index (κ2) is 9.56. The van der Waals surface area contributed by atoms with Gasteiger partial charge in [-0.05, 0) is 68.3 Å². The molecule has 4 rings (SSSR count). The van der Waals surface area contributed by atoms with Crippen LogP contribution in [0.3, 0.4) is 0 Å². The van der Waals surface area contributed by atoms with E-state index in [2.05, 4.69) is 66.0 Å². The van der Waals surface area contributed by atoms with Crippen LogP contribution in [0.1, 0.15) is 36.8 Å². The molecule has 31 heavy (non-hydrogen) atoms. The molecular formula is C26H34N4O. The molecule has 164 valence electrons. The topological polar surface area (TPSA) is 60.4 Å². The number of aromatic hydroxyl groups is 1. The highest BCUT2D eigenvalue weighted by Gasteiger charge is 2.21. The van der Waals surface area contributed by atoms with Gasteiger partial charge in [-0.15, -0.1) is 0 Å². The predicted octanol–water partition coefficient (Wildman–Crippen LogP) is 5.08. The van der Waals surface area contributed by atoms with Gasteiger partial charge in [0.1, 0.15) is 11.6 Å². The first kappa shape index (κ1) is 21.4. The van der Waals surface area contributed by atoms with E-state index in [9.17, 15) is 5.11 Å². The zero-order valence-electron chi connectivity index (χ0n) is 18.9. The molecule has 5 heteroatoms. The minimum absolute atomic E-state index is 0.369. The lowest BCUT2D eigenvalue weighted by Crippen LogP contribution is -2.31. The van der Waals surface area contributed by atoms with E-state index in [1.54, 1.807) is 6.07 Å². The number of phenols is 1. The molecule has 0 unspecified atom stereocenters. The zero-order chi connectivity index (χ0) is 21.8. The van der Waals surface area contributed by atoms with E-state index in [-0.39, 0.29) is 0 Å². The van der Waals surface area contributed by atoms with Gasteiger partial charge in [-0.25, -0.2) is 4.98 Å². The van der Waals surface area contributed by atoms with Crippen molar-refractivity contribution in [3.8, 4) is 5.75 Å². The molecule has 0 radical (unpaired) electrons. The van der Waals surface area contributed by atoms with Crippen molar-refractivity contribution in [2.75, 3.05) is 30.9 Å². The maximum atomic E-state index is 9.66. The van der Waals surface area contributed by atoms with Gasteiger partial charge in [-0.1, -0.05) is 30.3 Å². The number of nitrogens with zero attached hydrogens (tertiary/aromatic N) is 2. The second-order valence-corrected chi connectivity index (χ2v) is 9.05. The van der Waals surface area contributed by atoms with Crippen molar-refractivity contribution in [3.05, 3.63) is 59.7 Å². The summed E-state index contributed by atoms with van der Waals surface area (Å²) in [5, 5.41) is 18.2. The average molecular weight is 419 g/mol. The Hall–Kier alpha value is -2.79. The summed E-state index contributed by atoms with van der Waals surface area (Å²) in [5.41, 5.74) is 4.41. The van der Waals surface area contributed by atoms with E-state index in [1.165, 1.54) is 42.3 Å². The minimum atomic E-state index is 0.369. The van der Waals surface area contributed by atoms with Gasteiger partial charge in [0, 0.05) is 43.8 Å². The summed E-state index contributed by atoms with van der Waals surface area (Å²) in [6.07, 6.45) is 4.81. The molecule has 5 nitrogen and oxygen atoms in total. The molecule has 3 aromatic rings. The molecular weight excluding hydrogens is 384 g/mol. The first-order valence-corrected chi connectivity index (χ1v) is 11.3. The SMILES string of the molecule is Cc1cc(CNCC2CCC(Nc3cc(N(C)C)c4ccccc4n3)CC2)ccc1O. The molecule has 1 aliphatic rings. The van der Waals surface area contributed by atoms with E-state index in [1.807, 2.05) is 13.0 Å². The molecule has 1 saturated carbocycles. The molecule has 3 N–H and O–H groups in total. The van der Waals surface area contributed by atoms with Crippen LogP contribution in [-0.2, 0) is 6.54 Å². The first-order valence-electron chi connectivity index (χ1n) is 11.3. The summed E-state index contributed by atoms with van der Waals surface area (Å²) >= 11 is 0. The normalized spacial score (nSPS) is 18.8. The van der Waals surface area contributed by atoms with Gasteiger partial charge in [0.05, 0.1) is 5.52 Å². The number of fused-ring (bicyclic) bond motifs is 1. The van der Waals surface area contributed by atoms with E-state index in [0.29, 0.717) is 11.8 Å². The summed E-state index contributed by atoms with van der Waals surface area (Å²) in [5.74, 6) is 2.07. The Morgan fingerprint density at radius 2 is 1.81 bits per heavy atom. The van der Waals surface area contributed by atoms with E-state index in [0.717, 1.165) is 35.9 Å². The fourth-order valence-electron chi connectivity index (χ4n) is 4.57. The molecule has 0 aliphatic heterocycles. The summed E-state index contributed by atoms with van der Waals surface area (Å²) in [7, 11) is 4.17. The van der Waals surface area contributed by atoms with Crippen molar-refractivity contribution in [1.82, 2.24) is 10.3 Å². The predicted molar refractivity (Wildman–Crippen MR) is 130 cm³/mol. The Morgan fingerprint density at radius 3 is 2.55 bits per heavy atom. The van der Waals surface area contributed by atoms with Crippen molar-refractivity contribution < 1.29 is 5.11 Å². The maximum Gasteiger partial charge on any atom is 0.128 e. The number of aromatic nitrogens is 1. The summed E-state index contributed by atoms with van der Waals surface area (Å²) in [6, 6.07) is 16.8. The Bertz CT molecular complexity index is 1030. The monoisotopic (exact) mass is 418 g/mol. The van der Waals surface area contributed by atoms with Crippen LogP contribution in [0.25, 0.3) is 10.9 Å². The van der Waals surface area contributed by atoms with Gasteiger partial charge in [0.15, 0.2) is 0 Å². The van der Waals surface area contributed by atoms with Crippen molar-refractivity contribution in [2.24, 2.45) is 5.92 Å². The molecule has 1 aliphatic carbocycles. The first-order chi connectivity index (χ1) is 15.0. The summed E-state index contributed by atoms with van der Waals surface area (Å²) < 4.78 is 0. The molecule has 0 atom stereocenters. The Kier molecular flexibility index (Phi) is 6.62. The minimum Gasteiger partial charge on any atom is -0.508 e. The molecule has 2 aromatic carbocycles. The van der Waals surface area contributed by atoms with Crippen LogP contribution in [0.2, 0.25) is 0 Å². The smallest absolute Gasteiger partial charge is 0.128 e. The van der Waals surface area contributed by atoms with Crippen LogP contribution < -0.4 is 15.5 Å². The maximum absolute atomic E-state index is 9.66. The van der Waals surface area contributed by atoms with Crippen LogP contribution in [0.15, 0.2) is 48.5 Å². The number of hydrogen-bond donors (Lipinski definition) is 3. The van der Waals surface area contributed by atoms with E-state index >= 15 is 0 Å². The lowest BCUT2D eigenvalue weighted by molar-refractivity contribution is 0.324. The number of nitrogens with one attached hydrogen (secondary N) is 2. The molecule has 0 amide bonds. The number of phenolic OH excluding ortho intramolecular Hbond substituents is 1. The third-order valence-electron chi connectivity index (χ3n) is 6.40. The highest BCUT2D eigenvalue weighted by molar-refractivity contribution is 5.93. The third kappa shape index (κ3) is 5.28. The quantitative estimate of drug-likeness (QED) is 0.500. The summed E-state index contributed by atoms with van der Waals surface area (Å²) in [6.45, 7) is 3.85. The average Bonchev–Trinajstić information content (AvgIpc) is 2.77. The third-order valence-corrected chi connectivity index (χ3v) is 6.40. The van der Waals surface area contributed by atoms with Crippen LogP contribution in [0, 0.1) is 12.8 Å². The number of rotatable bonds is 7. The van der Waals surface area contributed by atoms with Crippen LogP contribution >= 0.6 is 0 Å². The lowest BCUT2D eigenvalue weighted by atomic mass is 9.86. The highest BCUT2D eigenvalue weighted by Crippen LogP contribution is 2.30. The highest BCUT2D eigenvalue weighted by atomic mass is 16.3.